The number of unbranched alkanes of at least 4 members (excludes halogenated alkanes) is 10. The van der Waals surface area contributed by atoms with Crippen molar-refractivity contribution >= 4 is 52.3 Å². The third-order valence-electron chi connectivity index (χ3n) is 19.2. The van der Waals surface area contributed by atoms with Gasteiger partial charge in [0.15, 0.2) is 5.65 Å². The summed E-state index contributed by atoms with van der Waals surface area (Å²) in [6.07, 6.45) is 15.5. The summed E-state index contributed by atoms with van der Waals surface area (Å²) in [4.78, 5) is 50.6. The second kappa shape index (κ2) is 30.2. The van der Waals surface area contributed by atoms with E-state index in [-0.39, 0.29) is 18.1 Å². The highest BCUT2D eigenvalue weighted by Gasteiger charge is 2.60. The molecule has 10 rings (SSSR count). The van der Waals surface area contributed by atoms with Crippen LogP contribution in [0.25, 0.3) is 28.0 Å². The summed E-state index contributed by atoms with van der Waals surface area (Å²) in [7, 11) is 0. The number of carbonyl (C=O) groups is 2. The molecule has 15 heteroatoms. The normalized spacial score (nSPS) is 18.4. The highest BCUT2D eigenvalue weighted by molar-refractivity contribution is 6.30. The van der Waals surface area contributed by atoms with Crippen LogP contribution in [0.1, 0.15) is 159 Å². The van der Waals surface area contributed by atoms with Gasteiger partial charge in [0, 0.05) is 106 Å². The molecule has 5 aromatic carbocycles. The number of aliphatic hydroxyl groups excluding tert-OH is 1. The van der Waals surface area contributed by atoms with E-state index in [2.05, 4.69) is 134 Å². The Bertz CT molecular complexity index is 3550. The molecule has 2 atom stereocenters. The minimum atomic E-state index is -1.01. The van der Waals surface area contributed by atoms with Crippen LogP contribution in [0.15, 0.2) is 132 Å². The van der Waals surface area contributed by atoms with E-state index in [4.69, 9.17) is 43.0 Å². The van der Waals surface area contributed by atoms with E-state index in [1.54, 1.807) is 0 Å². The zero-order chi connectivity index (χ0) is 63.4. The molecule has 3 aliphatic rings. The summed E-state index contributed by atoms with van der Waals surface area (Å²) in [6.45, 7) is 22.9. The summed E-state index contributed by atoms with van der Waals surface area (Å²) in [6, 6.07) is 43.4. The second-order valence-corrected chi connectivity index (χ2v) is 27.3. The van der Waals surface area contributed by atoms with Crippen molar-refractivity contribution in [3.63, 3.8) is 0 Å². The van der Waals surface area contributed by atoms with E-state index in [1.807, 2.05) is 71.3 Å². The second-order valence-electron chi connectivity index (χ2n) is 26.4. The smallest absolute Gasteiger partial charge is 0.326 e. The number of hydrogen-bond donors (Lipinski definition) is 1. The maximum absolute atomic E-state index is 15.6. The number of aliphatic hydroxyl groups is 1. The van der Waals surface area contributed by atoms with E-state index in [9.17, 15) is 9.90 Å². The van der Waals surface area contributed by atoms with Crippen molar-refractivity contribution < 1.29 is 19.4 Å². The minimum absolute atomic E-state index is 0.125. The Hall–Kier alpha value is -6.61. The Morgan fingerprint density at radius 1 is 0.644 bits per heavy atom. The fourth-order valence-electron chi connectivity index (χ4n) is 13.6. The lowest BCUT2D eigenvalue weighted by atomic mass is 9.71. The molecule has 2 aromatic heterocycles. The van der Waals surface area contributed by atoms with Crippen LogP contribution in [0.2, 0.25) is 10.0 Å². The number of amidine groups is 1. The lowest BCUT2D eigenvalue weighted by molar-refractivity contribution is -0.119. The first-order valence-corrected chi connectivity index (χ1v) is 34.1. The van der Waals surface area contributed by atoms with E-state index in [0.717, 1.165) is 102 Å². The number of anilines is 1. The van der Waals surface area contributed by atoms with Gasteiger partial charge in [-0.25, -0.2) is 9.78 Å². The first-order valence-electron chi connectivity index (χ1n) is 33.3. The van der Waals surface area contributed by atoms with Crippen LogP contribution in [-0.2, 0) is 27.7 Å². The number of β-amino-alcohol motifs (C(OH)–C–C–N with tert-alkyl or cyclic N) is 1. The molecular formula is C75H95Cl2N9O4. The third kappa shape index (κ3) is 15.3. The summed E-state index contributed by atoms with van der Waals surface area (Å²) in [5.74, 6) is 2.62. The molecule has 7 aromatic rings. The molecule has 0 saturated carbocycles. The molecular weight excluding hydrogens is 1160 g/mol. The molecule has 0 radical (unpaired) electrons. The van der Waals surface area contributed by atoms with Crippen molar-refractivity contribution in [3.05, 3.63) is 171 Å². The average molecular weight is 1260 g/mol. The number of amides is 2. The van der Waals surface area contributed by atoms with Crippen molar-refractivity contribution in [2.45, 2.75) is 155 Å². The van der Waals surface area contributed by atoms with Crippen LogP contribution in [0.5, 0.6) is 5.75 Å². The molecule has 2 fully saturated rings. The monoisotopic (exact) mass is 1260 g/mol. The number of hydrogen-bond acceptors (Lipinski definition) is 10. The van der Waals surface area contributed by atoms with Gasteiger partial charge in [-0.1, -0.05) is 187 Å². The number of Topliss-reactive ketones (excluding diaryl/α,β-unsaturated/α-hetero) is 1. The Labute approximate surface area is 545 Å². The highest BCUT2D eigenvalue weighted by Crippen LogP contribution is 2.54. The van der Waals surface area contributed by atoms with Gasteiger partial charge in [-0.2, -0.15) is 9.61 Å². The molecule has 3 aliphatic heterocycles. The number of aliphatic imine (C=N–C) groups is 1. The number of rotatable bonds is 27. The van der Waals surface area contributed by atoms with E-state index in [1.165, 1.54) is 68.9 Å². The van der Waals surface area contributed by atoms with Gasteiger partial charge in [-0.05, 0) is 117 Å². The molecule has 0 aliphatic carbocycles. The molecule has 0 bridgehead atoms. The summed E-state index contributed by atoms with van der Waals surface area (Å²) < 4.78 is 8.46. The molecule has 0 spiro atoms. The number of urea groups is 1. The zero-order valence-electron chi connectivity index (χ0n) is 54.5. The van der Waals surface area contributed by atoms with Gasteiger partial charge in [-0.3, -0.25) is 24.5 Å². The van der Waals surface area contributed by atoms with Gasteiger partial charge >= 0.3 is 6.03 Å². The van der Waals surface area contributed by atoms with E-state index >= 15 is 4.79 Å². The SMILES string of the molecule is CCOc1cc(C(C)(C)C)ccc1C1=N[C@@](C)(c2ccc(Cl)cc2)[C@@](C)(c2ccc(Cl)cc2)N1C(=O)N1CCN(CCC(=O)CCCCCCCCCCCCCc2cccc(-c3c(C)nn4c(N5CCN(CCO)CC5)cc(-c5ccccc5)nc34)c2)CC1. The topological polar surface area (TPSA) is 122 Å². The number of piperazine rings is 2. The van der Waals surface area contributed by atoms with Crippen molar-refractivity contribution in [1.82, 2.24) is 34.2 Å². The van der Waals surface area contributed by atoms with Crippen molar-refractivity contribution in [2.24, 2.45) is 4.99 Å². The first kappa shape index (κ1) is 66.3. The molecule has 90 heavy (non-hydrogen) atoms. The quantitative estimate of drug-likeness (QED) is 0.0502. The molecule has 2 saturated heterocycles. The number of nitrogens with zero attached hydrogens (tertiary/aromatic N) is 9. The van der Waals surface area contributed by atoms with Gasteiger partial charge in [0.1, 0.15) is 34.3 Å². The lowest BCUT2D eigenvalue weighted by Crippen LogP contribution is -2.60. The van der Waals surface area contributed by atoms with Crippen molar-refractivity contribution in [2.75, 3.05) is 83.6 Å². The maximum atomic E-state index is 15.6. The Balaban J connectivity index is 0.647. The molecule has 2 amide bonds. The molecule has 5 heterocycles. The number of aryl methyl sites for hydroxylation is 2. The van der Waals surface area contributed by atoms with Crippen LogP contribution in [0.4, 0.5) is 10.6 Å². The highest BCUT2D eigenvalue weighted by atomic mass is 35.5. The predicted molar refractivity (Wildman–Crippen MR) is 369 cm³/mol. The van der Waals surface area contributed by atoms with Gasteiger partial charge in [0.05, 0.1) is 30.2 Å². The van der Waals surface area contributed by atoms with Gasteiger partial charge < -0.3 is 19.6 Å². The number of halogens is 2. The number of ether oxygens (including phenoxy) is 1. The number of carbonyl (C=O) groups excluding carboxylic acids is 2. The molecule has 0 unspecified atom stereocenters. The molecule has 13 nitrogen and oxygen atoms in total. The van der Waals surface area contributed by atoms with E-state index < -0.39 is 11.1 Å². The number of benzene rings is 5. The van der Waals surface area contributed by atoms with Crippen LogP contribution >= 0.6 is 23.2 Å². The number of fused-ring (bicyclic) bond motifs is 1. The number of ketones is 1. The van der Waals surface area contributed by atoms with Crippen LogP contribution in [0.3, 0.4) is 0 Å². The van der Waals surface area contributed by atoms with Gasteiger partial charge in [0.2, 0.25) is 0 Å². The zero-order valence-corrected chi connectivity index (χ0v) is 56.0. The van der Waals surface area contributed by atoms with Crippen LogP contribution < -0.4 is 9.64 Å². The standard InChI is InChI=1S/C75H95Cl2N9O4/c1-8-90-67-53-61(73(3,4)5)34-39-65(67)70-79-74(6,59-30-35-62(76)36-31-59)75(7,60-32-37-63(77)38-33-60)85(70)72(89)84-48-44-81(45-49-84)41-40-64(88)29-22-17-15-13-11-9-10-12-14-16-19-24-56-25-23-28-58(52-56)69-55(2)80-86-68(83-46-42-82(43-47-83)50-51-87)54-66(78-71(69)86)57-26-20-18-21-27-57/h18,20-21,23,25-28,30-39,52-54,87H,8-17,19,22,24,29,40-51H2,1-7H3/t74-,75+/m0/s1. The maximum Gasteiger partial charge on any atom is 0.326 e. The summed E-state index contributed by atoms with van der Waals surface area (Å²) >= 11 is 13.0. The largest absolute Gasteiger partial charge is 0.493 e. The fraction of sp³-hybridized carbons (Fsp3) is 0.480. The third-order valence-corrected chi connectivity index (χ3v) is 19.7. The summed E-state index contributed by atoms with van der Waals surface area (Å²) in [5.41, 5.74) is 9.14. The Kier molecular flexibility index (Phi) is 22.3. The van der Waals surface area contributed by atoms with Crippen LogP contribution in [-0.4, -0.2) is 136 Å². The summed E-state index contributed by atoms with van der Waals surface area (Å²) in [5, 5.41) is 15.9. The molecule has 1 N–H and O–H groups in total. The van der Waals surface area contributed by atoms with Gasteiger partial charge in [-0.15, -0.1) is 0 Å². The van der Waals surface area contributed by atoms with Gasteiger partial charge in [0.25, 0.3) is 0 Å². The first-order chi connectivity index (χ1) is 43.5. The van der Waals surface area contributed by atoms with E-state index in [0.29, 0.717) is 86.1 Å². The minimum Gasteiger partial charge on any atom is -0.493 e. The number of aromatic nitrogens is 3. The Morgan fingerprint density at radius 2 is 1.24 bits per heavy atom. The predicted octanol–water partition coefficient (Wildman–Crippen LogP) is 16.0. The lowest BCUT2D eigenvalue weighted by Gasteiger charge is -2.47. The molecule has 478 valence electrons. The van der Waals surface area contributed by atoms with Crippen molar-refractivity contribution in [3.8, 4) is 28.1 Å². The fourth-order valence-corrected chi connectivity index (χ4v) is 13.9. The average Bonchev–Trinajstić information content (AvgIpc) is 1.53. The Morgan fingerprint density at radius 3 is 1.88 bits per heavy atom. The van der Waals surface area contributed by atoms with Crippen LogP contribution in [0, 0.1) is 6.92 Å². The van der Waals surface area contributed by atoms with Crippen molar-refractivity contribution in [1.29, 1.82) is 0 Å².